The SMILES string of the molecule is O=C(c1cc(C(F)(F)F)cc(C(F)(F)F)c1)N1CCN(C/C=N/OCCN2CCOCC2)C[C@H]1Cc1c[nH]c2ccccc12. The number of para-hydroxylation sites is 1. The number of hydrogen-bond donors (Lipinski definition) is 1. The Labute approximate surface area is 250 Å². The Bertz CT molecular complexity index is 1420. The largest absolute Gasteiger partial charge is 0.416 e. The average Bonchev–Trinajstić information content (AvgIpc) is 3.41. The number of piperazine rings is 1. The normalized spacial score (nSPS) is 19.2. The van der Waals surface area contributed by atoms with E-state index in [2.05, 4.69) is 15.0 Å². The van der Waals surface area contributed by atoms with Crippen LogP contribution in [0.3, 0.4) is 0 Å². The van der Waals surface area contributed by atoms with Crippen molar-refractivity contribution in [1.29, 1.82) is 0 Å². The molecule has 1 N–H and O–H groups in total. The van der Waals surface area contributed by atoms with Crippen LogP contribution in [0.1, 0.15) is 27.0 Å². The van der Waals surface area contributed by atoms with E-state index in [9.17, 15) is 31.1 Å². The molecule has 2 aromatic carbocycles. The number of nitrogens with zero attached hydrogens (tertiary/aromatic N) is 4. The molecule has 3 heterocycles. The Kier molecular flexibility index (Phi) is 9.81. The summed E-state index contributed by atoms with van der Waals surface area (Å²) >= 11 is 0. The molecule has 2 aliphatic rings. The van der Waals surface area contributed by atoms with Crippen LogP contribution >= 0.6 is 0 Å². The number of ether oxygens (including phenoxy) is 1. The van der Waals surface area contributed by atoms with Crippen LogP contribution in [-0.2, 0) is 28.3 Å². The first-order valence-corrected chi connectivity index (χ1v) is 14.3. The number of nitrogens with one attached hydrogen (secondary N) is 1. The molecule has 1 aromatic heterocycles. The smallest absolute Gasteiger partial charge is 0.395 e. The predicted molar refractivity (Wildman–Crippen MR) is 151 cm³/mol. The molecular weight excluding hydrogens is 592 g/mol. The first-order valence-electron chi connectivity index (χ1n) is 14.3. The molecule has 0 saturated carbocycles. The van der Waals surface area contributed by atoms with E-state index in [4.69, 9.17) is 9.57 Å². The van der Waals surface area contributed by atoms with E-state index in [1.54, 1.807) is 6.21 Å². The van der Waals surface area contributed by atoms with Gasteiger partial charge in [0.2, 0.25) is 0 Å². The highest BCUT2D eigenvalue weighted by molar-refractivity contribution is 5.95. The van der Waals surface area contributed by atoms with Crippen LogP contribution in [0.15, 0.2) is 53.8 Å². The second-order valence-corrected chi connectivity index (χ2v) is 10.8. The molecule has 2 fully saturated rings. The number of carbonyl (C=O) groups excluding carboxylic acids is 1. The molecule has 8 nitrogen and oxygen atoms in total. The van der Waals surface area contributed by atoms with Gasteiger partial charge in [0.1, 0.15) is 6.61 Å². The number of halogens is 6. The summed E-state index contributed by atoms with van der Waals surface area (Å²) in [5, 5.41) is 4.96. The fourth-order valence-electron chi connectivity index (χ4n) is 5.58. The molecular formula is C30H33F6N5O3. The molecule has 1 amide bonds. The standard InChI is InChI=1S/C30H33F6N5O3/c31-29(32,33)23-15-21(16-24(18-23)30(34,35)36)28(42)41-8-7-40(6-5-38-44-14-11-39-9-12-43-13-10-39)20-25(41)17-22-19-37-27-4-2-1-3-26(22)27/h1-5,15-16,18-19,25,37H,6-14,17,20H2/b38-5+/t25-/m1/s1. The van der Waals surface area contributed by atoms with Gasteiger partial charge in [0.15, 0.2) is 0 Å². The van der Waals surface area contributed by atoms with Crippen molar-refractivity contribution in [2.45, 2.75) is 24.8 Å². The van der Waals surface area contributed by atoms with Gasteiger partial charge in [-0.05, 0) is 36.2 Å². The van der Waals surface area contributed by atoms with E-state index in [0.717, 1.165) is 36.1 Å². The minimum Gasteiger partial charge on any atom is -0.395 e. The Morgan fingerprint density at radius 2 is 1.68 bits per heavy atom. The van der Waals surface area contributed by atoms with Gasteiger partial charge in [0.25, 0.3) is 5.91 Å². The average molecular weight is 626 g/mol. The topological polar surface area (TPSA) is 73.4 Å². The van der Waals surface area contributed by atoms with Gasteiger partial charge < -0.3 is 19.5 Å². The Morgan fingerprint density at radius 1 is 0.977 bits per heavy atom. The lowest BCUT2D eigenvalue weighted by molar-refractivity contribution is -0.143. The maximum Gasteiger partial charge on any atom is 0.416 e. The molecule has 1 atom stereocenters. The van der Waals surface area contributed by atoms with Gasteiger partial charge in [0, 0.05) is 74.5 Å². The molecule has 0 unspecified atom stereocenters. The second kappa shape index (κ2) is 13.6. The molecule has 44 heavy (non-hydrogen) atoms. The number of alkyl halides is 6. The van der Waals surface area contributed by atoms with Gasteiger partial charge in [-0.15, -0.1) is 0 Å². The Balaban J connectivity index is 1.32. The summed E-state index contributed by atoms with van der Waals surface area (Å²) in [5.74, 6) is -0.883. The second-order valence-electron chi connectivity index (χ2n) is 10.8. The van der Waals surface area contributed by atoms with Gasteiger partial charge >= 0.3 is 12.4 Å². The number of H-pyrrole nitrogens is 1. The van der Waals surface area contributed by atoms with Gasteiger partial charge in [-0.1, -0.05) is 23.4 Å². The first kappa shape index (κ1) is 31.8. The highest BCUT2D eigenvalue weighted by Crippen LogP contribution is 2.37. The number of hydrogen-bond acceptors (Lipinski definition) is 6. The van der Waals surface area contributed by atoms with Crippen molar-refractivity contribution in [3.63, 3.8) is 0 Å². The van der Waals surface area contributed by atoms with Crippen molar-refractivity contribution in [1.82, 2.24) is 19.7 Å². The first-order chi connectivity index (χ1) is 21.0. The molecule has 14 heteroatoms. The molecule has 238 valence electrons. The molecule has 0 aliphatic carbocycles. The highest BCUT2D eigenvalue weighted by atomic mass is 19.4. The summed E-state index contributed by atoms with van der Waals surface area (Å²) in [5.41, 5.74) is -1.94. The van der Waals surface area contributed by atoms with E-state index < -0.39 is 41.0 Å². The zero-order valence-corrected chi connectivity index (χ0v) is 23.8. The van der Waals surface area contributed by atoms with E-state index in [0.29, 0.717) is 58.0 Å². The van der Waals surface area contributed by atoms with E-state index >= 15 is 0 Å². The van der Waals surface area contributed by atoms with Crippen LogP contribution in [0.5, 0.6) is 0 Å². The van der Waals surface area contributed by atoms with Crippen LogP contribution in [0.25, 0.3) is 10.9 Å². The Hall–Kier alpha value is -3.62. The number of morpholine rings is 1. The van der Waals surface area contributed by atoms with Gasteiger partial charge in [-0.3, -0.25) is 14.6 Å². The maximum atomic E-state index is 13.6. The number of aromatic nitrogens is 1. The lowest BCUT2D eigenvalue weighted by Crippen LogP contribution is -2.56. The summed E-state index contributed by atoms with van der Waals surface area (Å²) in [4.78, 5) is 27.8. The lowest BCUT2D eigenvalue weighted by Gasteiger charge is -2.41. The molecule has 0 radical (unpaired) electrons. The van der Waals surface area contributed by atoms with E-state index in [-0.39, 0.29) is 12.6 Å². The summed E-state index contributed by atoms with van der Waals surface area (Å²) in [6.07, 6.45) is -6.35. The predicted octanol–water partition coefficient (Wildman–Crippen LogP) is 4.91. The van der Waals surface area contributed by atoms with Crippen molar-refractivity contribution in [3.05, 3.63) is 70.9 Å². The molecule has 2 saturated heterocycles. The highest BCUT2D eigenvalue weighted by Gasteiger charge is 2.39. The van der Waals surface area contributed by atoms with Crippen molar-refractivity contribution >= 4 is 23.0 Å². The number of oxime groups is 1. The molecule has 3 aromatic rings. The number of carbonyl (C=O) groups is 1. The number of fused-ring (bicyclic) bond motifs is 1. The zero-order valence-electron chi connectivity index (χ0n) is 23.8. The third-order valence-electron chi connectivity index (χ3n) is 7.88. The fraction of sp³-hybridized carbons (Fsp3) is 0.467. The van der Waals surface area contributed by atoms with Crippen molar-refractivity contribution in [3.8, 4) is 0 Å². The van der Waals surface area contributed by atoms with Crippen molar-refractivity contribution in [2.75, 3.05) is 65.6 Å². The van der Waals surface area contributed by atoms with Gasteiger partial charge in [-0.25, -0.2) is 0 Å². The quantitative estimate of drug-likeness (QED) is 0.159. The third-order valence-corrected chi connectivity index (χ3v) is 7.88. The van der Waals surface area contributed by atoms with Crippen LogP contribution < -0.4 is 0 Å². The monoisotopic (exact) mass is 625 g/mol. The van der Waals surface area contributed by atoms with Crippen molar-refractivity contribution in [2.24, 2.45) is 5.16 Å². The summed E-state index contributed by atoms with van der Waals surface area (Å²) < 4.78 is 86.5. The molecule has 0 bridgehead atoms. The van der Waals surface area contributed by atoms with Crippen molar-refractivity contribution < 1.29 is 40.7 Å². The number of amides is 1. The number of aromatic amines is 1. The minimum atomic E-state index is -5.05. The van der Waals surface area contributed by atoms with Crippen LogP contribution in [-0.4, -0.2) is 103 Å². The van der Waals surface area contributed by atoms with Gasteiger partial charge in [0.05, 0.1) is 30.6 Å². The number of rotatable bonds is 9. The van der Waals surface area contributed by atoms with Gasteiger partial charge in [-0.2, -0.15) is 26.3 Å². The third kappa shape index (κ3) is 7.90. The number of benzene rings is 2. The van der Waals surface area contributed by atoms with Crippen LogP contribution in [0.2, 0.25) is 0 Å². The molecule has 5 rings (SSSR count). The molecule has 0 spiro atoms. The fourth-order valence-corrected chi connectivity index (χ4v) is 5.58. The minimum absolute atomic E-state index is 0.0283. The summed E-state index contributed by atoms with van der Waals surface area (Å²) in [6.45, 7) is 5.37. The van der Waals surface area contributed by atoms with E-state index in [1.807, 2.05) is 35.4 Å². The summed E-state index contributed by atoms with van der Waals surface area (Å²) in [6, 6.07) is 8.03. The van der Waals surface area contributed by atoms with Crippen LogP contribution in [0, 0.1) is 0 Å². The van der Waals surface area contributed by atoms with Crippen LogP contribution in [0.4, 0.5) is 26.3 Å². The zero-order chi connectivity index (χ0) is 31.3. The maximum absolute atomic E-state index is 13.6. The molecule has 2 aliphatic heterocycles. The lowest BCUT2D eigenvalue weighted by atomic mass is 9.98. The summed E-state index contributed by atoms with van der Waals surface area (Å²) in [7, 11) is 0. The van der Waals surface area contributed by atoms with E-state index in [1.165, 1.54) is 4.90 Å². The Morgan fingerprint density at radius 3 is 2.39 bits per heavy atom.